The van der Waals surface area contributed by atoms with Crippen LogP contribution in [0, 0.1) is 5.92 Å². The quantitative estimate of drug-likeness (QED) is 0.212. The fourth-order valence-corrected chi connectivity index (χ4v) is 5.08. The third kappa shape index (κ3) is 5.65. The summed E-state index contributed by atoms with van der Waals surface area (Å²) in [5, 5.41) is 24.7. The number of anilines is 1. The van der Waals surface area contributed by atoms with Gasteiger partial charge in [-0.15, -0.1) is 0 Å². The summed E-state index contributed by atoms with van der Waals surface area (Å²) in [6.45, 7) is 3.13. The highest BCUT2D eigenvalue weighted by Gasteiger charge is 2.45. The molecular weight excluding hydrogens is 522 g/mol. The Labute approximate surface area is 238 Å². The number of carbonyl (C=O) groups excluding carboxylic acids is 1. The molecule has 0 unspecified atom stereocenters. The number of aliphatic hydroxyl groups excluding tert-OH is 2. The van der Waals surface area contributed by atoms with E-state index in [1.807, 2.05) is 91.0 Å². The van der Waals surface area contributed by atoms with Gasteiger partial charge in [0.2, 0.25) is 0 Å². The van der Waals surface area contributed by atoms with Crippen LogP contribution in [0.25, 0.3) is 0 Å². The number of carbonyl (C=O) groups is 1. The zero-order chi connectivity index (χ0) is 29.0. The molecule has 2 heterocycles. The summed E-state index contributed by atoms with van der Waals surface area (Å²) in [5.41, 5.74) is 1.26. The summed E-state index contributed by atoms with van der Waals surface area (Å²) in [4.78, 5) is 29.4. The molecule has 9 nitrogen and oxygen atoms in total. The van der Waals surface area contributed by atoms with Crippen molar-refractivity contribution in [3.05, 3.63) is 130 Å². The second kappa shape index (κ2) is 12.1. The van der Waals surface area contributed by atoms with Crippen molar-refractivity contribution in [3.63, 3.8) is 0 Å². The minimum absolute atomic E-state index is 0.249. The van der Waals surface area contributed by atoms with Gasteiger partial charge in [0, 0.05) is 6.20 Å². The molecule has 0 spiro atoms. The Morgan fingerprint density at radius 1 is 0.902 bits per heavy atom. The van der Waals surface area contributed by atoms with Crippen LogP contribution in [-0.2, 0) is 19.8 Å². The highest BCUT2D eigenvalue weighted by molar-refractivity contribution is 5.71. The predicted molar refractivity (Wildman–Crippen MR) is 153 cm³/mol. The molecule has 0 amide bonds. The van der Waals surface area contributed by atoms with Crippen LogP contribution in [-0.4, -0.2) is 50.7 Å². The normalized spacial score (nSPS) is 20.6. The van der Waals surface area contributed by atoms with Crippen molar-refractivity contribution in [2.24, 2.45) is 5.92 Å². The molecule has 1 saturated heterocycles. The molecule has 212 valence electrons. The molecular formula is C32H33N3O6. The Kier molecular flexibility index (Phi) is 8.30. The number of rotatable bonds is 9. The number of benzene rings is 3. The van der Waals surface area contributed by atoms with Crippen molar-refractivity contribution in [1.29, 1.82) is 0 Å². The van der Waals surface area contributed by atoms with Crippen LogP contribution in [0.4, 0.5) is 5.82 Å². The first-order valence-corrected chi connectivity index (χ1v) is 13.5. The molecule has 0 radical (unpaired) electrons. The van der Waals surface area contributed by atoms with Crippen LogP contribution in [0.3, 0.4) is 0 Å². The van der Waals surface area contributed by atoms with Gasteiger partial charge in [0.1, 0.15) is 36.3 Å². The van der Waals surface area contributed by atoms with Crippen molar-refractivity contribution in [2.75, 3.05) is 11.9 Å². The molecule has 0 bridgehead atoms. The molecule has 4 atom stereocenters. The number of nitrogens with zero attached hydrogens (tertiary/aromatic N) is 2. The Hall–Kier alpha value is -4.31. The van der Waals surface area contributed by atoms with Crippen LogP contribution in [0.1, 0.15) is 36.8 Å². The number of hydrogen-bond acceptors (Lipinski definition) is 8. The van der Waals surface area contributed by atoms with E-state index in [1.54, 1.807) is 19.9 Å². The lowest BCUT2D eigenvalue weighted by Crippen LogP contribution is -2.40. The summed E-state index contributed by atoms with van der Waals surface area (Å²) in [5.74, 6) is -0.499. The largest absolute Gasteiger partial charge is 0.463 e. The van der Waals surface area contributed by atoms with Crippen molar-refractivity contribution in [1.82, 2.24) is 9.55 Å². The van der Waals surface area contributed by atoms with E-state index in [2.05, 4.69) is 10.3 Å². The molecule has 9 heteroatoms. The molecule has 1 fully saturated rings. The molecule has 41 heavy (non-hydrogen) atoms. The molecule has 4 aromatic rings. The molecule has 5 rings (SSSR count). The van der Waals surface area contributed by atoms with Crippen LogP contribution in [0.5, 0.6) is 0 Å². The van der Waals surface area contributed by atoms with Gasteiger partial charge in [-0.1, -0.05) is 105 Å². The first-order valence-electron chi connectivity index (χ1n) is 13.5. The molecule has 0 saturated carbocycles. The van der Waals surface area contributed by atoms with Crippen molar-refractivity contribution in [3.8, 4) is 0 Å². The van der Waals surface area contributed by atoms with E-state index in [-0.39, 0.29) is 12.5 Å². The van der Waals surface area contributed by atoms with Gasteiger partial charge in [0.15, 0.2) is 6.23 Å². The minimum Gasteiger partial charge on any atom is -0.463 e. The summed E-state index contributed by atoms with van der Waals surface area (Å²) in [6.07, 6.45) is -3.51. The number of aromatic nitrogens is 2. The van der Waals surface area contributed by atoms with Crippen molar-refractivity contribution < 1.29 is 24.5 Å². The standard InChI is InChI=1S/C32H33N3O6/c1-21(2)30(38)40-20-25-27(36)28(37)29(41-25)35-19-18-26(33-31(35)39)34-32(22-12-6-3-7-13-22,23-14-8-4-9-15-23)24-16-10-5-11-17-24/h3-19,21,25,27-29,36-37H,20H2,1-2H3,(H,33,34,39)/t25-,27-,28-,29-/m1/s1. The summed E-state index contributed by atoms with van der Waals surface area (Å²) in [7, 11) is 0. The first kappa shape index (κ1) is 28.2. The summed E-state index contributed by atoms with van der Waals surface area (Å²) in [6, 6.07) is 31.3. The Morgan fingerprint density at radius 2 is 1.41 bits per heavy atom. The third-order valence-corrected chi connectivity index (χ3v) is 7.24. The average molecular weight is 556 g/mol. The van der Waals surface area contributed by atoms with Gasteiger partial charge in [-0.25, -0.2) is 4.79 Å². The first-order chi connectivity index (χ1) is 19.8. The fraction of sp³-hybridized carbons (Fsp3) is 0.281. The monoisotopic (exact) mass is 555 g/mol. The van der Waals surface area contributed by atoms with Gasteiger partial charge in [0.25, 0.3) is 0 Å². The number of hydrogen-bond donors (Lipinski definition) is 3. The third-order valence-electron chi connectivity index (χ3n) is 7.24. The van der Waals surface area contributed by atoms with Crippen LogP contribution in [0.15, 0.2) is 108 Å². The van der Waals surface area contributed by atoms with Gasteiger partial charge in [-0.2, -0.15) is 4.98 Å². The van der Waals surface area contributed by atoms with Crippen molar-refractivity contribution in [2.45, 2.75) is 43.9 Å². The van der Waals surface area contributed by atoms with E-state index >= 15 is 0 Å². The number of ether oxygens (including phenoxy) is 2. The SMILES string of the molecule is CC(C)C(=O)OC[C@H]1O[C@@H](n2ccc(NC(c3ccccc3)(c3ccccc3)c3ccccc3)nc2=O)[C@H](O)[C@@H]1O. The lowest BCUT2D eigenvalue weighted by Gasteiger charge is -2.37. The molecule has 3 aromatic carbocycles. The molecule has 3 N–H and O–H groups in total. The second-order valence-electron chi connectivity index (χ2n) is 10.3. The van der Waals surface area contributed by atoms with E-state index in [0.717, 1.165) is 21.3 Å². The van der Waals surface area contributed by atoms with Gasteiger partial charge in [-0.05, 0) is 22.8 Å². The molecule has 1 aliphatic heterocycles. The van der Waals surface area contributed by atoms with Crippen molar-refractivity contribution >= 4 is 11.8 Å². The zero-order valence-electron chi connectivity index (χ0n) is 22.8. The average Bonchev–Trinajstić information content (AvgIpc) is 3.28. The zero-order valence-corrected chi connectivity index (χ0v) is 22.8. The lowest BCUT2D eigenvalue weighted by molar-refractivity contribution is -0.153. The van der Waals surface area contributed by atoms with E-state index in [4.69, 9.17) is 9.47 Å². The Balaban J connectivity index is 1.49. The maximum absolute atomic E-state index is 13.3. The molecule has 1 aliphatic rings. The number of esters is 1. The number of aliphatic hydroxyl groups is 2. The maximum Gasteiger partial charge on any atom is 0.351 e. The van der Waals surface area contributed by atoms with Crippen LogP contribution >= 0.6 is 0 Å². The Morgan fingerprint density at radius 3 is 1.88 bits per heavy atom. The van der Waals surface area contributed by atoms with Gasteiger partial charge < -0.3 is 25.0 Å². The summed E-state index contributed by atoms with van der Waals surface area (Å²) < 4.78 is 12.1. The predicted octanol–water partition coefficient (Wildman–Crippen LogP) is 3.47. The van der Waals surface area contributed by atoms with Gasteiger partial charge in [0.05, 0.1) is 5.92 Å². The topological polar surface area (TPSA) is 123 Å². The van der Waals surface area contributed by atoms with Gasteiger partial charge >= 0.3 is 11.7 Å². The summed E-state index contributed by atoms with van der Waals surface area (Å²) >= 11 is 0. The lowest BCUT2D eigenvalue weighted by atomic mass is 9.77. The second-order valence-corrected chi connectivity index (χ2v) is 10.3. The Bertz CT molecular complexity index is 1410. The minimum atomic E-state index is -1.42. The van der Waals surface area contributed by atoms with Gasteiger partial charge in [-0.3, -0.25) is 9.36 Å². The fourth-order valence-electron chi connectivity index (χ4n) is 5.08. The molecule has 0 aliphatic carbocycles. The number of nitrogens with one attached hydrogen (secondary N) is 1. The van der Waals surface area contributed by atoms with E-state index < -0.39 is 41.7 Å². The molecule has 1 aromatic heterocycles. The highest BCUT2D eigenvalue weighted by atomic mass is 16.6. The van der Waals surface area contributed by atoms with E-state index in [1.165, 1.54) is 6.20 Å². The van der Waals surface area contributed by atoms with E-state index in [9.17, 15) is 19.8 Å². The van der Waals surface area contributed by atoms with Crippen LogP contribution in [0.2, 0.25) is 0 Å². The highest BCUT2D eigenvalue weighted by Crippen LogP contribution is 2.39. The van der Waals surface area contributed by atoms with Crippen LogP contribution < -0.4 is 11.0 Å². The van der Waals surface area contributed by atoms with E-state index in [0.29, 0.717) is 5.82 Å². The maximum atomic E-state index is 13.3. The smallest absolute Gasteiger partial charge is 0.351 e.